The summed E-state index contributed by atoms with van der Waals surface area (Å²) in [5.74, 6) is -0.615. The van der Waals surface area contributed by atoms with Crippen LogP contribution in [0.5, 0.6) is 0 Å². The number of rotatable bonds is 6. The lowest BCUT2D eigenvalue weighted by molar-refractivity contribution is -0.162. The Balaban J connectivity index is 2.66. The van der Waals surface area contributed by atoms with Gasteiger partial charge in [0.2, 0.25) is 5.91 Å². The third-order valence-electron chi connectivity index (χ3n) is 4.80. The monoisotopic (exact) mass is 369 g/mol. The lowest BCUT2D eigenvalue weighted by Gasteiger charge is -2.34. The molecule has 150 valence electrons. The van der Waals surface area contributed by atoms with Gasteiger partial charge in [0.25, 0.3) is 0 Å². The van der Waals surface area contributed by atoms with Crippen LogP contribution >= 0.6 is 0 Å². The summed E-state index contributed by atoms with van der Waals surface area (Å²) in [7, 11) is 3.02. The Morgan fingerprint density at radius 3 is 1.96 bits per heavy atom. The molecular weight excluding hydrogens is 334 g/mol. The number of ether oxygens (including phenoxy) is 2. The molecule has 0 spiro atoms. The van der Waals surface area contributed by atoms with Crippen molar-refractivity contribution in [1.29, 1.82) is 0 Å². The minimum absolute atomic E-state index is 0.0383. The van der Waals surface area contributed by atoms with Crippen molar-refractivity contribution in [2.75, 3.05) is 14.2 Å². The average Bonchev–Trinajstić information content (AvgIpc) is 2.56. The Kier molecular flexibility index (Phi) is 8.10. The zero-order valence-electron chi connectivity index (χ0n) is 17.3. The lowest BCUT2D eigenvalue weighted by Crippen LogP contribution is -2.47. The van der Waals surface area contributed by atoms with Crippen molar-refractivity contribution in [3.05, 3.63) is 0 Å². The highest BCUT2D eigenvalue weighted by molar-refractivity contribution is 5.86. The van der Waals surface area contributed by atoms with Gasteiger partial charge in [-0.25, -0.2) is 4.79 Å². The first-order chi connectivity index (χ1) is 12.0. The van der Waals surface area contributed by atoms with Crippen LogP contribution in [0, 0.1) is 17.8 Å². The summed E-state index contributed by atoms with van der Waals surface area (Å²) in [5, 5.41) is 0. The molecule has 1 saturated carbocycles. The van der Waals surface area contributed by atoms with Gasteiger partial charge in [0.1, 0.15) is 11.6 Å². The largest absolute Gasteiger partial charge is 0.467 e. The molecule has 0 radical (unpaired) electrons. The van der Waals surface area contributed by atoms with E-state index in [1.807, 2.05) is 34.6 Å². The molecule has 1 atom stereocenters. The zero-order chi connectivity index (χ0) is 20.1. The standard InChI is InChI=1S/C20H35NO5/c1-13(2)12-16(19(24)25-7)21(6)17(22)14-8-10-15(11-9-14)18(23)26-20(3,4)5/h13-16H,8-12H2,1-7H3. The van der Waals surface area contributed by atoms with E-state index in [9.17, 15) is 14.4 Å². The Labute approximate surface area is 157 Å². The maximum atomic E-state index is 12.8. The van der Waals surface area contributed by atoms with E-state index >= 15 is 0 Å². The highest BCUT2D eigenvalue weighted by atomic mass is 16.6. The van der Waals surface area contributed by atoms with Crippen molar-refractivity contribution in [3.8, 4) is 0 Å². The zero-order valence-corrected chi connectivity index (χ0v) is 17.3. The van der Waals surface area contributed by atoms with Crippen LogP contribution in [-0.4, -0.2) is 48.5 Å². The number of likely N-dealkylation sites (N-methyl/N-ethyl adjacent to an activating group) is 1. The van der Waals surface area contributed by atoms with Crippen molar-refractivity contribution < 1.29 is 23.9 Å². The van der Waals surface area contributed by atoms with Crippen LogP contribution < -0.4 is 0 Å². The highest BCUT2D eigenvalue weighted by Gasteiger charge is 2.36. The Morgan fingerprint density at radius 1 is 1.04 bits per heavy atom. The molecule has 1 fully saturated rings. The molecule has 1 aliphatic carbocycles. The molecule has 6 nitrogen and oxygen atoms in total. The number of methoxy groups -OCH3 is 1. The maximum absolute atomic E-state index is 12.8. The van der Waals surface area contributed by atoms with E-state index in [4.69, 9.17) is 9.47 Å². The van der Waals surface area contributed by atoms with Crippen LogP contribution in [0.4, 0.5) is 0 Å². The molecule has 26 heavy (non-hydrogen) atoms. The van der Waals surface area contributed by atoms with Gasteiger partial charge in [0.05, 0.1) is 13.0 Å². The molecule has 0 saturated heterocycles. The van der Waals surface area contributed by atoms with E-state index in [2.05, 4.69) is 0 Å². The second kappa shape index (κ2) is 9.38. The Hall–Kier alpha value is -1.59. The molecule has 0 aromatic rings. The Morgan fingerprint density at radius 2 is 1.54 bits per heavy atom. The smallest absolute Gasteiger partial charge is 0.328 e. The SMILES string of the molecule is COC(=O)C(CC(C)C)N(C)C(=O)C1CCC(C(=O)OC(C)(C)C)CC1. The van der Waals surface area contributed by atoms with E-state index in [-0.39, 0.29) is 35.6 Å². The van der Waals surface area contributed by atoms with E-state index in [1.165, 1.54) is 12.0 Å². The van der Waals surface area contributed by atoms with Crippen LogP contribution in [-0.2, 0) is 23.9 Å². The molecule has 1 amide bonds. The minimum atomic E-state index is -0.559. The van der Waals surface area contributed by atoms with Crippen molar-refractivity contribution in [1.82, 2.24) is 4.90 Å². The van der Waals surface area contributed by atoms with E-state index in [0.29, 0.717) is 32.1 Å². The van der Waals surface area contributed by atoms with Gasteiger partial charge in [-0.05, 0) is 58.8 Å². The van der Waals surface area contributed by atoms with Gasteiger partial charge >= 0.3 is 11.9 Å². The molecule has 0 bridgehead atoms. The van der Waals surface area contributed by atoms with Gasteiger partial charge in [-0.1, -0.05) is 13.8 Å². The number of carbonyl (C=O) groups is 3. The van der Waals surface area contributed by atoms with E-state index in [0.717, 1.165) is 0 Å². The summed E-state index contributed by atoms with van der Waals surface area (Å²) in [6.07, 6.45) is 3.14. The second-order valence-electron chi connectivity index (χ2n) is 8.70. The Bertz CT molecular complexity index is 501. The van der Waals surface area contributed by atoms with Gasteiger partial charge in [-0.2, -0.15) is 0 Å². The topological polar surface area (TPSA) is 72.9 Å². The lowest BCUT2D eigenvalue weighted by atomic mass is 9.81. The molecule has 0 N–H and O–H groups in total. The summed E-state index contributed by atoms with van der Waals surface area (Å²) >= 11 is 0. The first-order valence-electron chi connectivity index (χ1n) is 9.53. The maximum Gasteiger partial charge on any atom is 0.328 e. The number of esters is 2. The predicted octanol–water partition coefficient (Wildman–Crippen LogP) is 3.18. The third kappa shape index (κ3) is 6.61. The minimum Gasteiger partial charge on any atom is -0.467 e. The van der Waals surface area contributed by atoms with Gasteiger partial charge in [0.15, 0.2) is 0 Å². The van der Waals surface area contributed by atoms with Crippen LogP contribution in [0.1, 0.15) is 66.7 Å². The number of carbonyl (C=O) groups excluding carboxylic acids is 3. The molecular formula is C20H35NO5. The fourth-order valence-electron chi connectivity index (χ4n) is 3.40. The summed E-state index contributed by atoms with van der Waals surface area (Å²) in [4.78, 5) is 38.7. The average molecular weight is 370 g/mol. The number of hydrogen-bond acceptors (Lipinski definition) is 5. The van der Waals surface area contributed by atoms with Crippen molar-refractivity contribution in [2.45, 2.75) is 78.4 Å². The van der Waals surface area contributed by atoms with Crippen LogP contribution in [0.25, 0.3) is 0 Å². The normalized spacial score (nSPS) is 21.8. The molecule has 1 rings (SSSR count). The van der Waals surface area contributed by atoms with Gasteiger partial charge in [-0.15, -0.1) is 0 Å². The number of amides is 1. The third-order valence-corrected chi connectivity index (χ3v) is 4.80. The van der Waals surface area contributed by atoms with Crippen molar-refractivity contribution >= 4 is 17.8 Å². The molecule has 0 aromatic heterocycles. The quantitative estimate of drug-likeness (QED) is 0.672. The van der Waals surface area contributed by atoms with Gasteiger partial charge < -0.3 is 14.4 Å². The predicted molar refractivity (Wildman–Crippen MR) is 99.3 cm³/mol. The first-order valence-corrected chi connectivity index (χ1v) is 9.53. The summed E-state index contributed by atoms with van der Waals surface area (Å²) in [5.41, 5.74) is -0.492. The molecule has 0 aliphatic heterocycles. The summed E-state index contributed by atoms with van der Waals surface area (Å²) < 4.78 is 10.3. The van der Waals surface area contributed by atoms with Crippen LogP contribution in [0.2, 0.25) is 0 Å². The van der Waals surface area contributed by atoms with E-state index < -0.39 is 11.6 Å². The summed E-state index contributed by atoms with van der Waals surface area (Å²) in [6.45, 7) is 9.60. The summed E-state index contributed by atoms with van der Waals surface area (Å²) in [6, 6.07) is -0.559. The molecule has 1 aliphatic rings. The molecule has 1 unspecified atom stereocenters. The van der Waals surface area contributed by atoms with Gasteiger partial charge in [-0.3, -0.25) is 9.59 Å². The fourth-order valence-corrected chi connectivity index (χ4v) is 3.40. The van der Waals surface area contributed by atoms with Crippen molar-refractivity contribution in [3.63, 3.8) is 0 Å². The van der Waals surface area contributed by atoms with Gasteiger partial charge in [0, 0.05) is 13.0 Å². The molecule has 6 heteroatoms. The van der Waals surface area contributed by atoms with Crippen LogP contribution in [0.15, 0.2) is 0 Å². The molecule has 0 heterocycles. The van der Waals surface area contributed by atoms with Crippen molar-refractivity contribution in [2.24, 2.45) is 17.8 Å². The fraction of sp³-hybridized carbons (Fsp3) is 0.850. The first kappa shape index (κ1) is 22.5. The molecule has 0 aromatic carbocycles. The number of hydrogen-bond donors (Lipinski definition) is 0. The second-order valence-corrected chi connectivity index (χ2v) is 8.70. The number of nitrogens with zero attached hydrogens (tertiary/aromatic N) is 1. The highest BCUT2D eigenvalue weighted by Crippen LogP contribution is 2.32. The van der Waals surface area contributed by atoms with Crippen LogP contribution in [0.3, 0.4) is 0 Å². The van der Waals surface area contributed by atoms with E-state index in [1.54, 1.807) is 7.05 Å².